The Kier molecular flexibility index (Phi) is 6.55. The van der Waals surface area contributed by atoms with E-state index in [-0.39, 0.29) is 24.7 Å². The summed E-state index contributed by atoms with van der Waals surface area (Å²) >= 11 is 0. The summed E-state index contributed by atoms with van der Waals surface area (Å²) in [5.41, 5.74) is 1.59. The highest BCUT2D eigenvalue weighted by molar-refractivity contribution is 5.81. The van der Waals surface area contributed by atoms with Gasteiger partial charge in [0.1, 0.15) is 0 Å². The molecule has 1 N–H and O–H groups in total. The van der Waals surface area contributed by atoms with Crippen LogP contribution in [0.1, 0.15) is 50.9 Å². The number of rotatable bonds is 6. The molecule has 2 atom stereocenters. The van der Waals surface area contributed by atoms with E-state index < -0.39 is 5.41 Å². The number of nitrogens with zero attached hydrogens (tertiary/aromatic N) is 2. The van der Waals surface area contributed by atoms with Gasteiger partial charge in [0.05, 0.1) is 18.8 Å². The Balaban J connectivity index is 1.51. The van der Waals surface area contributed by atoms with Crippen LogP contribution in [0.15, 0.2) is 36.5 Å². The zero-order chi connectivity index (χ0) is 22.7. The zero-order valence-corrected chi connectivity index (χ0v) is 19.4. The van der Waals surface area contributed by atoms with Gasteiger partial charge in [-0.05, 0) is 55.1 Å². The Morgan fingerprint density at radius 2 is 2.16 bits per heavy atom. The van der Waals surface area contributed by atoms with Gasteiger partial charge in [0.25, 0.3) is 0 Å². The predicted octanol–water partition coefficient (Wildman–Crippen LogP) is 3.93. The lowest BCUT2D eigenvalue weighted by Gasteiger charge is -2.38. The number of pyridine rings is 1. The summed E-state index contributed by atoms with van der Waals surface area (Å²) < 4.78 is 16.6. The molecule has 2 aliphatic rings. The minimum Gasteiger partial charge on any atom is -0.493 e. The minimum atomic E-state index is -0.454. The van der Waals surface area contributed by atoms with Crippen LogP contribution < -0.4 is 19.5 Å². The van der Waals surface area contributed by atoms with Crippen molar-refractivity contribution < 1.29 is 19.0 Å². The van der Waals surface area contributed by atoms with E-state index in [2.05, 4.69) is 15.2 Å². The van der Waals surface area contributed by atoms with Crippen molar-refractivity contribution >= 4 is 5.91 Å². The van der Waals surface area contributed by atoms with Crippen molar-refractivity contribution in [2.45, 2.75) is 46.2 Å². The summed E-state index contributed by atoms with van der Waals surface area (Å²) in [4.78, 5) is 19.9. The Morgan fingerprint density at radius 1 is 1.31 bits per heavy atom. The van der Waals surface area contributed by atoms with Gasteiger partial charge < -0.3 is 19.5 Å². The summed E-state index contributed by atoms with van der Waals surface area (Å²) in [6.07, 6.45) is 3.92. The van der Waals surface area contributed by atoms with E-state index in [1.165, 1.54) is 0 Å². The molecule has 1 fully saturated rings. The molecule has 0 aliphatic carbocycles. The second-order valence-corrected chi connectivity index (χ2v) is 9.63. The topological polar surface area (TPSA) is 72.9 Å². The van der Waals surface area contributed by atoms with E-state index in [0.717, 1.165) is 49.5 Å². The average molecular weight is 440 g/mol. The minimum absolute atomic E-state index is 0.0470. The van der Waals surface area contributed by atoms with Gasteiger partial charge in [-0.3, -0.25) is 14.7 Å². The maximum absolute atomic E-state index is 12.9. The maximum atomic E-state index is 12.9. The molecule has 0 saturated carbocycles. The Morgan fingerprint density at radius 3 is 2.88 bits per heavy atom. The first-order chi connectivity index (χ1) is 15.3. The highest BCUT2D eigenvalue weighted by atomic mass is 16.7. The van der Waals surface area contributed by atoms with E-state index in [9.17, 15) is 4.79 Å². The van der Waals surface area contributed by atoms with Gasteiger partial charge in [-0.2, -0.15) is 0 Å². The van der Waals surface area contributed by atoms with Crippen LogP contribution in [0.3, 0.4) is 0 Å². The summed E-state index contributed by atoms with van der Waals surface area (Å²) in [6, 6.07) is 9.84. The summed E-state index contributed by atoms with van der Waals surface area (Å²) in [6.45, 7) is 8.72. The van der Waals surface area contributed by atoms with E-state index in [1.807, 2.05) is 51.1 Å². The number of amides is 1. The lowest BCUT2D eigenvalue weighted by molar-refractivity contribution is -0.130. The van der Waals surface area contributed by atoms with Crippen molar-refractivity contribution in [1.29, 1.82) is 0 Å². The number of hydrogen-bond acceptors (Lipinski definition) is 6. The Hall–Kier alpha value is -2.80. The fourth-order valence-corrected chi connectivity index (χ4v) is 4.39. The number of piperidine rings is 1. The number of carbonyl (C=O) groups is 1. The van der Waals surface area contributed by atoms with Crippen LogP contribution in [0, 0.1) is 11.3 Å². The van der Waals surface area contributed by atoms with Crippen LogP contribution in [0.4, 0.5) is 0 Å². The van der Waals surface area contributed by atoms with Crippen LogP contribution in [0.5, 0.6) is 17.2 Å². The van der Waals surface area contributed by atoms with Crippen molar-refractivity contribution in [3.05, 3.63) is 47.8 Å². The Labute approximate surface area is 190 Å². The molecule has 0 bridgehead atoms. The largest absolute Gasteiger partial charge is 0.493 e. The van der Waals surface area contributed by atoms with Gasteiger partial charge >= 0.3 is 0 Å². The molecule has 3 heterocycles. The van der Waals surface area contributed by atoms with Crippen molar-refractivity contribution in [3.63, 3.8) is 0 Å². The van der Waals surface area contributed by atoms with Crippen molar-refractivity contribution in [1.82, 2.24) is 15.2 Å². The van der Waals surface area contributed by atoms with Crippen molar-refractivity contribution in [2.75, 3.05) is 27.0 Å². The van der Waals surface area contributed by atoms with Gasteiger partial charge in [0.15, 0.2) is 11.5 Å². The number of methoxy groups -OCH3 is 1. The van der Waals surface area contributed by atoms with Crippen LogP contribution in [0.2, 0.25) is 0 Å². The predicted molar refractivity (Wildman–Crippen MR) is 122 cm³/mol. The first-order valence-electron chi connectivity index (χ1n) is 11.3. The number of likely N-dealkylation sites (tertiary alicyclic amines) is 1. The van der Waals surface area contributed by atoms with Crippen LogP contribution >= 0.6 is 0 Å². The molecule has 0 radical (unpaired) electrons. The molecule has 1 saturated heterocycles. The summed E-state index contributed by atoms with van der Waals surface area (Å²) in [7, 11) is 1.65. The van der Waals surface area contributed by atoms with Gasteiger partial charge in [-0.15, -0.1) is 0 Å². The van der Waals surface area contributed by atoms with Crippen LogP contribution in [0.25, 0.3) is 0 Å². The average Bonchev–Trinajstić information content (AvgIpc) is 3.25. The van der Waals surface area contributed by atoms with Crippen molar-refractivity contribution in [2.24, 2.45) is 11.3 Å². The number of aromatic nitrogens is 1. The molecule has 0 unspecified atom stereocenters. The zero-order valence-electron chi connectivity index (χ0n) is 19.4. The van der Waals surface area contributed by atoms with Crippen LogP contribution in [-0.4, -0.2) is 42.8 Å². The highest BCUT2D eigenvalue weighted by Crippen LogP contribution is 2.42. The molecule has 7 heteroatoms. The molecule has 1 amide bonds. The second-order valence-electron chi connectivity index (χ2n) is 9.63. The van der Waals surface area contributed by atoms with E-state index >= 15 is 0 Å². The van der Waals surface area contributed by atoms with Gasteiger partial charge in [0, 0.05) is 24.7 Å². The standard InChI is InChI=1S/C25H33N3O4/c1-25(2,3)24(29)27-22(19-9-5-6-10-26-19)18-8-7-11-28(15-18)14-17-12-20(30-4)23-21(13-17)31-16-32-23/h5-6,9-10,12-13,18,22H,7-8,11,14-16H2,1-4H3,(H,27,29)/t18-,22+/m0/s1. The molecule has 7 nitrogen and oxygen atoms in total. The quantitative estimate of drug-likeness (QED) is 0.735. The number of hydrogen-bond donors (Lipinski definition) is 1. The van der Waals surface area contributed by atoms with E-state index in [0.29, 0.717) is 11.5 Å². The maximum Gasteiger partial charge on any atom is 0.231 e. The fourth-order valence-electron chi connectivity index (χ4n) is 4.39. The summed E-state index contributed by atoms with van der Waals surface area (Å²) in [5, 5.41) is 3.29. The Bertz CT molecular complexity index is 942. The lowest BCUT2D eigenvalue weighted by Crippen LogP contribution is -2.45. The normalized spacial score (nSPS) is 19.4. The number of fused-ring (bicyclic) bond motifs is 1. The number of ether oxygens (including phenoxy) is 3. The molecule has 2 aromatic rings. The number of benzene rings is 1. The third kappa shape index (κ3) is 4.99. The molecule has 1 aromatic carbocycles. The second kappa shape index (κ2) is 9.36. The third-order valence-electron chi connectivity index (χ3n) is 6.11. The first-order valence-corrected chi connectivity index (χ1v) is 11.3. The van der Waals surface area contributed by atoms with Crippen LogP contribution in [-0.2, 0) is 11.3 Å². The molecule has 0 spiro atoms. The molecule has 4 rings (SSSR count). The molecule has 32 heavy (non-hydrogen) atoms. The smallest absolute Gasteiger partial charge is 0.231 e. The molecule has 2 aliphatic heterocycles. The monoisotopic (exact) mass is 439 g/mol. The number of carbonyl (C=O) groups excluding carboxylic acids is 1. The highest BCUT2D eigenvalue weighted by Gasteiger charge is 2.33. The lowest BCUT2D eigenvalue weighted by atomic mass is 9.86. The molecular weight excluding hydrogens is 406 g/mol. The third-order valence-corrected chi connectivity index (χ3v) is 6.11. The van der Waals surface area contributed by atoms with Gasteiger partial charge in [-0.1, -0.05) is 26.8 Å². The number of nitrogens with one attached hydrogen (secondary N) is 1. The SMILES string of the molecule is COc1cc(CN2CCC[C@H]([C@@H](NC(=O)C(C)(C)C)c3ccccn3)C2)cc2c1OCO2. The molecule has 1 aromatic heterocycles. The summed E-state index contributed by atoms with van der Waals surface area (Å²) in [5.74, 6) is 2.43. The van der Waals surface area contributed by atoms with Crippen molar-refractivity contribution in [3.8, 4) is 17.2 Å². The van der Waals surface area contributed by atoms with E-state index in [4.69, 9.17) is 14.2 Å². The molecular formula is C25H33N3O4. The van der Waals surface area contributed by atoms with Gasteiger partial charge in [-0.25, -0.2) is 0 Å². The first kappa shape index (κ1) is 22.4. The fraction of sp³-hybridized carbons (Fsp3) is 0.520. The van der Waals surface area contributed by atoms with E-state index in [1.54, 1.807) is 13.3 Å². The molecule has 172 valence electrons. The van der Waals surface area contributed by atoms with Gasteiger partial charge in [0.2, 0.25) is 18.4 Å².